The van der Waals surface area contributed by atoms with E-state index < -0.39 is 5.82 Å². The van der Waals surface area contributed by atoms with Crippen LogP contribution in [0, 0.1) is 11.2 Å². The summed E-state index contributed by atoms with van der Waals surface area (Å²) < 4.78 is 13.3. The second-order valence-electron chi connectivity index (χ2n) is 4.98. The van der Waals surface area contributed by atoms with Crippen LogP contribution >= 0.6 is 0 Å². The van der Waals surface area contributed by atoms with E-state index in [1.165, 1.54) is 12.3 Å². The molecule has 0 fully saturated rings. The highest BCUT2D eigenvalue weighted by Gasteiger charge is 2.20. The zero-order valence-electron chi connectivity index (χ0n) is 10.4. The third-order valence-corrected chi connectivity index (χ3v) is 2.92. The number of nitrogens with two attached hydrogens (primary N) is 1. The summed E-state index contributed by atoms with van der Waals surface area (Å²) in [6.07, 6.45) is 4.41. The van der Waals surface area contributed by atoms with Crippen molar-refractivity contribution in [1.82, 2.24) is 4.98 Å². The summed E-state index contributed by atoms with van der Waals surface area (Å²) in [5, 5.41) is 0. The Morgan fingerprint density at radius 1 is 1.47 bits per heavy atom. The first-order valence-corrected chi connectivity index (χ1v) is 5.79. The number of halogens is 1. The highest BCUT2D eigenvalue weighted by molar-refractivity contribution is 5.96. The van der Waals surface area contributed by atoms with Crippen LogP contribution in [0.2, 0.25) is 0 Å². The molecule has 0 aliphatic rings. The monoisotopic (exact) mass is 238 g/mol. The number of carbonyl (C=O) groups is 1. The summed E-state index contributed by atoms with van der Waals surface area (Å²) in [5.41, 5.74) is 5.65. The summed E-state index contributed by atoms with van der Waals surface area (Å²) in [6.45, 7) is 4.73. The van der Waals surface area contributed by atoms with Gasteiger partial charge in [0.05, 0.1) is 11.8 Å². The van der Waals surface area contributed by atoms with Gasteiger partial charge in [-0.15, -0.1) is 0 Å². The molecule has 0 bridgehead atoms. The van der Waals surface area contributed by atoms with E-state index in [4.69, 9.17) is 5.73 Å². The highest BCUT2D eigenvalue weighted by atomic mass is 19.1. The average molecular weight is 238 g/mol. The average Bonchev–Trinajstić information content (AvgIpc) is 2.27. The largest absolute Gasteiger partial charge is 0.330 e. The molecule has 0 saturated carbocycles. The van der Waals surface area contributed by atoms with E-state index >= 15 is 0 Å². The van der Waals surface area contributed by atoms with Crippen LogP contribution in [-0.2, 0) is 0 Å². The van der Waals surface area contributed by atoms with Gasteiger partial charge in [-0.1, -0.05) is 13.8 Å². The van der Waals surface area contributed by atoms with Crippen LogP contribution in [0.3, 0.4) is 0 Å². The number of hydrogen-bond donors (Lipinski definition) is 1. The predicted molar refractivity (Wildman–Crippen MR) is 65.2 cm³/mol. The summed E-state index contributed by atoms with van der Waals surface area (Å²) in [7, 11) is 0. The molecule has 1 rings (SSSR count). The maximum atomic E-state index is 13.3. The fourth-order valence-electron chi connectivity index (χ4n) is 1.70. The van der Waals surface area contributed by atoms with Gasteiger partial charge in [0.15, 0.2) is 11.6 Å². The van der Waals surface area contributed by atoms with Crippen molar-refractivity contribution in [3.63, 3.8) is 0 Å². The molecule has 4 heteroatoms. The molecule has 0 amide bonds. The molecule has 0 unspecified atom stereocenters. The Bertz CT molecular complexity index is 391. The van der Waals surface area contributed by atoms with Crippen molar-refractivity contribution in [2.24, 2.45) is 11.1 Å². The molecule has 0 aliphatic carbocycles. The lowest BCUT2D eigenvalue weighted by atomic mass is 9.83. The normalized spacial score (nSPS) is 11.5. The van der Waals surface area contributed by atoms with E-state index in [2.05, 4.69) is 18.8 Å². The summed E-state index contributed by atoms with van der Waals surface area (Å²) in [4.78, 5) is 15.4. The number of nitrogens with zero attached hydrogens (tertiary/aromatic N) is 1. The Morgan fingerprint density at radius 2 is 2.18 bits per heavy atom. The summed E-state index contributed by atoms with van der Waals surface area (Å²) in [6, 6.07) is 1.42. The fourth-order valence-corrected chi connectivity index (χ4v) is 1.70. The van der Waals surface area contributed by atoms with E-state index in [9.17, 15) is 9.18 Å². The Balaban J connectivity index is 2.59. The van der Waals surface area contributed by atoms with Gasteiger partial charge in [0.1, 0.15) is 0 Å². The lowest BCUT2D eigenvalue weighted by Crippen LogP contribution is -2.18. The Labute approximate surface area is 101 Å². The zero-order chi connectivity index (χ0) is 12.9. The Kier molecular flexibility index (Phi) is 4.75. The van der Waals surface area contributed by atoms with Gasteiger partial charge >= 0.3 is 0 Å². The van der Waals surface area contributed by atoms with E-state index in [-0.39, 0.29) is 16.8 Å². The van der Waals surface area contributed by atoms with Crippen LogP contribution in [0.4, 0.5) is 4.39 Å². The van der Waals surface area contributed by atoms with Crippen molar-refractivity contribution < 1.29 is 9.18 Å². The maximum Gasteiger partial charge on any atom is 0.165 e. The van der Waals surface area contributed by atoms with Gasteiger partial charge in [0, 0.05) is 12.6 Å². The second kappa shape index (κ2) is 5.87. The quantitative estimate of drug-likeness (QED) is 0.775. The molecule has 94 valence electrons. The summed E-state index contributed by atoms with van der Waals surface area (Å²) in [5.74, 6) is -0.718. The predicted octanol–water partition coefficient (Wildman–Crippen LogP) is 2.56. The number of Topliss-reactive ketones (excluding diaryl/α,β-unsaturated/α-hetero) is 1. The Morgan fingerprint density at radius 3 is 2.76 bits per heavy atom. The van der Waals surface area contributed by atoms with Gasteiger partial charge in [-0.3, -0.25) is 9.78 Å². The number of aromatic nitrogens is 1. The fraction of sp³-hybridized carbons (Fsp3) is 0.538. The number of rotatable bonds is 6. The van der Waals surface area contributed by atoms with Gasteiger partial charge < -0.3 is 5.73 Å². The number of hydrogen-bond acceptors (Lipinski definition) is 3. The van der Waals surface area contributed by atoms with Crippen LogP contribution in [0.1, 0.15) is 43.5 Å². The van der Waals surface area contributed by atoms with Crippen molar-refractivity contribution in [3.8, 4) is 0 Å². The highest BCUT2D eigenvalue weighted by Crippen LogP contribution is 2.26. The minimum Gasteiger partial charge on any atom is -0.330 e. The summed E-state index contributed by atoms with van der Waals surface area (Å²) >= 11 is 0. The molecule has 0 spiro atoms. The zero-order valence-corrected chi connectivity index (χ0v) is 10.4. The van der Waals surface area contributed by atoms with Crippen LogP contribution in [-0.4, -0.2) is 17.3 Å². The molecule has 0 aliphatic heterocycles. The second-order valence-corrected chi connectivity index (χ2v) is 4.98. The molecule has 1 heterocycles. The third kappa shape index (κ3) is 4.23. The van der Waals surface area contributed by atoms with Crippen molar-refractivity contribution in [3.05, 3.63) is 29.8 Å². The topological polar surface area (TPSA) is 56.0 Å². The van der Waals surface area contributed by atoms with Crippen molar-refractivity contribution in [2.75, 3.05) is 6.54 Å². The molecule has 2 N–H and O–H groups in total. The van der Waals surface area contributed by atoms with Gasteiger partial charge in [0.25, 0.3) is 0 Å². The van der Waals surface area contributed by atoms with Crippen molar-refractivity contribution in [2.45, 2.75) is 33.1 Å². The van der Waals surface area contributed by atoms with Crippen LogP contribution in [0.15, 0.2) is 18.5 Å². The van der Waals surface area contributed by atoms with Crippen molar-refractivity contribution in [1.29, 1.82) is 0 Å². The van der Waals surface area contributed by atoms with Gasteiger partial charge in [-0.05, 0) is 30.9 Å². The molecule has 0 radical (unpaired) electrons. The van der Waals surface area contributed by atoms with Crippen molar-refractivity contribution >= 4 is 5.78 Å². The first-order chi connectivity index (χ1) is 7.96. The molecular formula is C13H19FN2O. The van der Waals surface area contributed by atoms with E-state index in [0.717, 1.165) is 12.6 Å². The van der Waals surface area contributed by atoms with E-state index in [1.807, 2.05) is 0 Å². The third-order valence-electron chi connectivity index (χ3n) is 2.92. The van der Waals surface area contributed by atoms with Crippen LogP contribution in [0.5, 0.6) is 0 Å². The van der Waals surface area contributed by atoms with Gasteiger partial charge in [-0.2, -0.15) is 0 Å². The number of ketones is 1. The molecule has 0 saturated heterocycles. The minimum atomic E-state index is -0.547. The SMILES string of the molecule is CC(C)(CCN)CCC(=O)c1ccncc1F. The first-order valence-electron chi connectivity index (χ1n) is 5.79. The van der Waals surface area contributed by atoms with E-state index in [0.29, 0.717) is 19.4 Å². The number of carbonyl (C=O) groups excluding carboxylic acids is 1. The lowest BCUT2D eigenvalue weighted by Gasteiger charge is -2.23. The smallest absolute Gasteiger partial charge is 0.165 e. The van der Waals surface area contributed by atoms with Gasteiger partial charge in [0.2, 0.25) is 0 Å². The minimum absolute atomic E-state index is 0.0217. The van der Waals surface area contributed by atoms with Gasteiger partial charge in [-0.25, -0.2) is 4.39 Å². The lowest BCUT2D eigenvalue weighted by molar-refractivity contribution is 0.0957. The molecule has 1 aromatic rings. The maximum absolute atomic E-state index is 13.3. The molecule has 3 nitrogen and oxygen atoms in total. The molecule has 0 aromatic carbocycles. The Hall–Kier alpha value is -1.29. The molecular weight excluding hydrogens is 219 g/mol. The molecule has 1 aromatic heterocycles. The molecule has 17 heavy (non-hydrogen) atoms. The van der Waals surface area contributed by atoms with E-state index in [1.54, 1.807) is 0 Å². The van der Waals surface area contributed by atoms with Crippen LogP contribution in [0.25, 0.3) is 0 Å². The first kappa shape index (κ1) is 13.8. The number of pyridine rings is 1. The molecule has 0 atom stereocenters. The van der Waals surface area contributed by atoms with Crippen LogP contribution < -0.4 is 5.73 Å². The standard InChI is InChI=1S/C13H19FN2O/c1-13(2,6-7-15)5-3-12(17)10-4-8-16-9-11(10)14/h4,8-9H,3,5-7,15H2,1-2H3.